The van der Waals surface area contributed by atoms with Gasteiger partial charge in [-0.05, 0) is 37.3 Å². The number of rotatable bonds is 3. The Morgan fingerprint density at radius 1 is 1.39 bits per heavy atom. The van der Waals surface area contributed by atoms with Gasteiger partial charge >= 0.3 is 0 Å². The van der Waals surface area contributed by atoms with E-state index in [2.05, 4.69) is 26.4 Å². The zero-order valence-corrected chi connectivity index (χ0v) is 11.2. The molecule has 0 spiro atoms. The molecule has 1 fully saturated rings. The Morgan fingerprint density at radius 2 is 2.33 bits per heavy atom. The third-order valence-corrected chi connectivity index (χ3v) is 3.99. The zero-order valence-electron chi connectivity index (χ0n) is 10.4. The Hall–Kier alpha value is -1.22. The lowest BCUT2D eigenvalue weighted by molar-refractivity contribution is 0.404. The number of imidazole rings is 1. The minimum Gasteiger partial charge on any atom is -0.357 e. The summed E-state index contributed by atoms with van der Waals surface area (Å²) in [5.41, 5.74) is 1.02. The molecule has 1 unspecified atom stereocenters. The van der Waals surface area contributed by atoms with Gasteiger partial charge in [-0.3, -0.25) is 4.40 Å². The molecule has 1 aliphatic rings. The molecule has 3 nitrogen and oxygen atoms in total. The summed E-state index contributed by atoms with van der Waals surface area (Å²) in [6.07, 6.45) is 7.59. The highest BCUT2D eigenvalue weighted by Gasteiger charge is 2.20. The van der Waals surface area contributed by atoms with E-state index in [1.54, 1.807) is 0 Å². The molecule has 0 amide bonds. The Bertz CT molecular complexity index is 520. The van der Waals surface area contributed by atoms with E-state index in [-0.39, 0.29) is 0 Å². The predicted molar refractivity (Wildman–Crippen MR) is 75.5 cm³/mol. The number of nitrogens with zero attached hydrogens (tertiary/aromatic N) is 3. The second-order valence-electron chi connectivity index (χ2n) is 4.97. The van der Waals surface area contributed by atoms with Crippen molar-refractivity contribution >= 4 is 23.1 Å². The topological polar surface area (TPSA) is 20.5 Å². The van der Waals surface area contributed by atoms with E-state index in [1.807, 2.05) is 18.5 Å². The average Bonchev–Trinajstić information content (AvgIpc) is 2.87. The quantitative estimate of drug-likeness (QED) is 0.793. The molecule has 0 N–H and O–H groups in total. The van der Waals surface area contributed by atoms with Crippen LogP contribution in [-0.4, -0.2) is 28.4 Å². The van der Waals surface area contributed by atoms with Crippen LogP contribution >= 0.6 is 11.6 Å². The third kappa shape index (κ3) is 2.19. The van der Waals surface area contributed by atoms with Gasteiger partial charge in [-0.1, -0.05) is 6.07 Å². The molecule has 18 heavy (non-hydrogen) atoms. The second kappa shape index (κ2) is 5.19. The van der Waals surface area contributed by atoms with Crippen molar-refractivity contribution < 1.29 is 0 Å². The monoisotopic (exact) mass is 263 g/mol. The minimum absolute atomic E-state index is 0.732. The van der Waals surface area contributed by atoms with Gasteiger partial charge < -0.3 is 4.90 Å². The molecule has 96 valence electrons. The van der Waals surface area contributed by atoms with Crippen LogP contribution < -0.4 is 4.90 Å². The number of piperidine rings is 1. The van der Waals surface area contributed by atoms with Crippen molar-refractivity contribution in [2.24, 2.45) is 5.92 Å². The molecule has 0 saturated carbocycles. The van der Waals surface area contributed by atoms with Crippen LogP contribution in [0.4, 0.5) is 5.82 Å². The molecular weight excluding hydrogens is 246 g/mol. The van der Waals surface area contributed by atoms with Crippen LogP contribution in [0.15, 0.2) is 30.6 Å². The fourth-order valence-corrected chi connectivity index (χ4v) is 3.16. The van der Waals surface area contributed by atoms with Crippen LogP contribution in [0.2, 0.25) is 0 Å². The predicted octanol–water partition coefficient (Wildman–Crippen LogP) is 3.18. The van der Waals surface area contributed by atoms with Gasteiger partial charge in [0, 0.05) is 31.4 Å². The lowest BCUT2D eigenvalue weighted by Gasteiger charge is -2.34. The summed E-state index contributed by atoms with van der Waals surface area (Å²) in [4.78, 5) is 6.81. The highest BCUT2D eigenvalue weighted by molar-refractivity contribution is 6.17. The largest absolute Gasteiger partial charge is 0.357 e. The molecule has 1 atom stereocenters. The number of hydrogen-bond donors (Lipinski definition) is 0. The Labute approximate surface area is 112 Å². The van der Waals surface area contributed by atoms with Crippen LogP contribution in [-0.2, 0) is 0 Å². The summed E-state index contributed by atoms with van der Waals surface area (Å²) in [6, 6.07) is 6.31. The number of alkyl halides is 1. The molecule has 2 aromatic heterocycles. The van der Waals surface area contributed by atoms with Gasteiger partial charge in [-0.2, -0.15) is 0 Å². The fraction of sp³-hybridized carbons (Fsp3) is 0.500. The molecule has 0 radical (unpaired) electrons. The maximum Gasteiger partial charge on any atom is 0.138 e. The Balaban J connectivity index is 1.87. The van der Waals surface area contributed by atoms with E-state index >= 15 is 0 Å². The van der Waals surface area contributed by atoms with E-state index in [0.29, 0.717) is 0 Å². The summed E-state index contributed by atoms with van der Waals surface area (Å²) < 4.78 is 2.17. The van der Waals surface area contributed by atoms with Crippen molar-refractivity contribution in [1.29, 1.82) is 0 Å². The molecule has 3 rings (SSSR count). The van der Waals surface area contributed by atoms with Gasteiger partial charge in [-0.25, -0.2) is 4.98 Å². The number of fused-ring (bicyclic) bond motifs is 1. The van der Waals surface area contributed by atoms with E-state index < -0.39 is 0 Å². The number of halogens is 1. The summed E-state index contributed by atoms with van der Waals surface area (Å²) in [5, 5.41) is 0. The first-order chi connectivity index (χ1) is 8.88. The second-order valence-corrected chi connectivity index (χ2v) is 5.35. The van der Waals surface area contributed by atoms with Gasteiger partial charge in [0.2, 0.25) is 0 Å². The molecule has 0 bridgehead atoms. The number of pyridine rings is 1. The molecule has 0 aliphatic carbocycles. The molecule has 1 aliphatic heterocycles. The SMILES string of the molecule is ClCCC1CCCN(c2cccc3nccn23)C1. The first-order valence-corrected chi connectivity index (χ1v) is 7.15. The molecule has 0 aromatic carbocycles. The van der Waals surface area contributed by atoms with Crippen molar-refractivity contribution in [1.82, 2.24) is 9.38 Å². The number of hydrogen-bond acceptors (Lipinski definition) is 2. The highest BCUT2D eigenvalue weighted by Crippen LogP contribution is 2.25. The van der Waals surface area contributed by atoms with Gasteiger partial charge in [0.05, 0.1) is 0 Å². The van der Waals surface area contributed by atoms with Crippen molar-refractivity contribution in [2.75, 3.05) is 23.9 Å². The van der Waals surface area contributed by atoms with Crippen LogP contribution in [0, 0.1) is 5.92 Å². The van der Waals surface area contributed by atoms with Gasteiger partial charge in [0.15, 0.2) is 0 Å². The number of aromatic nitrogens is 2. The van der Waals surface area contributed by atoms with Crippen LogP contribution in [0.1, 0.15) is 19.3 Å². The van der Waals surface area contributed by atoms with Gasteiger partial charge in [-0.15, -0.1) is 11.6 Å². The number of anilines is 1. The normalized spacial score (nSPS) is 20.5. The molecule has 4 heteroatoms. The zero-order chi connectivity index (χ0) is 12.4. The van der Waals surface area contributed by atoms with E-state index in [9.17, 15) is 0 Å². The van der Waals surface area contributed by atoms with Crippen LogP contribution in [0.25, 0.3) is 5.65 Å². The van der Waals surface area contributed by atoms with Crippen molar-refractivity contribution in [2.45, 2.75) is 19.3 Å². The lowest BCUT2D eigenvalue weighted by Crippen LogP contribution is -2.36. The fourth-order valence-electron chi connectivity index (χ4n) is 2.85. The highest BCUT2D eigenvalue weighted by atomic mass is 35.5. The molecule has 3 heterocycles. The maximum absolute atomic E-state index is 5.87. The lowest BCUT2D eigenvalue weighted by atomic mass is 9.95. The van der Waals surface area contributed by atoms with E-state index in [4.69, 9.17) is 11.6 Å². The standard InChI is InChI=1S/C14H18ClN3/c15-7-6-12-3-2-9-17(11-12)14-5-1-4-13-16-8-10-18(13)14/h1,4-5,8,10,12H,2-3,6-7,9,11H2. The summed E-state index contributed by atoms with van der Waals surface area (Å²) in [5.74, 6) is 2.76. The Kier molecular flexibility index (Phi) is 3.41. The third-order valence-electron chi connectivity index (χ3n) is 3.77. The van der Waals surface area contributed by atoms with Gasteiger partial charge in [0.1, 0.15) is 11.5 Å². The average molecular weight is 264 g/mol. The summed E-state index contributed by atoms with van der Waals surface area (Å²) >= 11 is 5.87. The Morgan fingerprint density at radius 3 is 3.22 bits per heavy atom. The smallest absolute Gasteiger partial charge is 0.138 e. The van der Waals surface area contributed by atoms with E-state index in [0.717, 1.165) is 37.0 Å². The van der Waals surface area contributed by atoms with Crippen molar-refractivity contribution in [3.05, 3.63) is 30.6 Å². The summed E-state index contributed by atoms with van der Waals surface area (Å²) in [6.45, 7) is 2.25. The van der Waals surface area contributed by atoms with Crippen molar-refractivity contribution in [3.8, 4) is 0 Å². The van der Waals surface area contributed by atoms with Crippen LogP contribution in [0.3, 0.4) is 0 Å². The van der Waals surface area contributed by atoms with E-state index in [1.165, 1.54) is 18.7 Å². The van der Waals surface area contributed by atoms with Crippen molar-refractivity contribution in [3.63, 3.8) is 0 Å². The molecular formula is C14H18ClN3. The molecule has 1 saturated heterocycles. The first kappa shape index (κ1) is 11.8. The maximum atomic E-state index is 5.87. The molecule has 2 aromatic rings. The minimum atomic E-state index is 0.732. The summed E-state index contributed by atoms with van der Waals surface area (Å²) in [7, 11) is 0. The first-order valence-electron chi connectivity index (χ1n) is 6.61. The van der Waals surface area contributed by atoms with Crippen LogP contribution in [0.5, 0.6) is 0 Å². The van der Waals surface area contributed by atoms with Gasteiger partial charge in [0.25, 0.3) is 0 Å².